The zero-order valence-corrected chi connectivity index (χ0v) is 16.2. The summed E-state index contributed by atoms with van der Waals surface area (Å²) in [4.78, 5) is 33.6. The molecule has 1 atom stereocenters. The average molecular weight is 441 g/mol. The number of carbonyl (C=O) groups is 2. The normalized spacial score (nSPS) is 12.5. The van der Waals surface area contributed by atoms with Gasteiger partial charge in [-0.1, -0.05) is 23.7 Å². The zero-order chi connectivity index (χ0) is 21.8. The highest BCUT2D eigenvalue weighted by Crippen LogP contribution is 2.30. The van der Waals surface area contributed by atoms with Crippen molar-refractivity contribution in [1.29, 1.82) is 0 Å². The van der Waals surface area contributed by atoms with Crippen LogP contribution in [-0.2, 0) is 19.7 Å². The molecule has 0 spiro atoms. The molecule has 0 aliphatic carbocycles. The van der Waals surface area contributed by atoms with Gasteiger partial charge in [0.1, 0.15) is 4.90 Å². The van der Waals surface area contributed by atoms with Crippen molar-refractivity contribution in [3.8, 4) is 0 Å². The first kappa shape index (κ1) is 22.1. The van der Waals surface area contributed by atoms with Crippen molar-refractivity contribution in [2.24, 2.45) is 10.2 Å². The van der Waals surface area contributed by atoms with Crippen LogP contribution in [0.4, 0.5) is 17.1 Å². The summed E-state index contributed by atoms with van der Waals surface area (Å²) in [5.74, 6) is -1.57. The second-order valence-electron chi connectivity index (χ2n) is 5.58. The van der Waals surface area contributed by atoms with E-state index < -0.39 is 49.0 Å². The van der Waals surface area contributed by atoms with E-state index >= 15 is 0 Å². The topological polar surface area (TPSA) is 168 Å². The van der Waals surface area contributed by atoms with Gasteiger partial charge in [0.2, 0.25) is 6.04 Å². The summed E-state index contributed by atoms with van der Waals surface area (Å²) < 4.78 is 31.3. The number of nitrogens with zero attached hydrogens (tertiary/aromatic N) is 3. The summed E-state index contributed by atoms with van der Waals surface area (Å²) in [5, 5.41) is 20.9. The Labute approximate surface area is 169 Å². The van der Waals surface area contributed by atoms with E-state index in [4.69, 9.17) is 16.2 Å². The summed E-state index contributed by atoms with van der Waals surface area (Å²) in [6, 6.07) is 6.97. The monoisotopic (exact) mass is 440 g/mol. The molecule has 11 nitrogen and oxygen atoms in total. The number of hydrogen-bond acceptors (Lipinski definition) is 8. The lowest BCUT2D eigenvalue weighted by Crippen LogP contribution is -2.31. The van der Waals surface area contributed by atoms with E-state index in [1.807, 2.05) is 0 Å². The molecular formula is C16H13ClN4O7S. The second kappa shape index (κ2) is 8.86. The van der Waals surface area contributed by atoms with Crippen LogP contribution in [-0.4, -0.2) is 35.6 Å². The van der Waals surface area contributed by atoms with Gasteiger partial charge in [-0.3, -0.25) is 24.3 Å². The molecule has 0 aromatic heterocycles. The van der Waals surface area contributed by atoms with Gasteiger partial charge in [-0.2, -0.15) is 13.5 Å². The first-order chi connectivity index (χ1) is 13.5. The fourth-order valence-electron chi connectivity index (χ4n) is 2.10. The summed E-state index contributed by atoms with van der Waals surface area (Å²) in [5.41, 5.74) is -0.985. The summed E-state index contributed by atoms with van der Waals surface area (Å²) >= 11 is 5.93. The molecule has 29 heavy (non-hydrogen) atoms. The number of para-hydroxylation sites is 1. The van der Waals surface area contributed by atoms with Gasteiger partial charge in [0.05, 0.1) is 15.6 Å². The third kappa shape index (κ3) is 5.63. The van der Waals surface area contributed by atoms with Crippen LogP contribution >= 0.6 is 11.6 Å². The molecule has 1 amide bonds. The predicted octanol–water partition coefficient (Wildman–Crippen LogP) is 3.17. The number of hydrogen-bond donors (Lipinski definition) is 2. The Bertz CT molecular complexity index is 1120. The Morgan fingerprint density at radius 3 is 2.45 bits per heavy atom. The van der Waals surface area contributed by atoms with Gasteiger partial charge >= 0.3 is 0 Å². The molecule has 2 aromatic carbocycles. The maximum absolute atomic E-state index is 12.3. The molecular weight excluding hydrogens is 428 g/mol. The van der Waals surface area contributed by atoms with Crippen LogP contribution < -0.4 is 5.32 Å². The number of rotatable bonds is 7. The van der Waals surface area contributed by atoms with Crippen molar-refractivity contribution in [1.82, 2.24) is 0 Å². The molecule has 0 saturated heterocycles. The highest BCUT2D eigenvalue weighted by atomic mass is 35.5. The van der Waals surface area contributed by atoms with Gasteiger partial charge in [-0.25, -0.2) is 0 Å². The van der Waals surface area contributed by atoms with Crippen molar-refractivity contribution >= 4 is 50.5 Å². The number of nitrogens with one attached hydrogen (secondary N) is 1. The average Bonchev–Trinajstić information content (AvgIpc) is 2.62. The number of ketones is 1. The van der Waals surface area contributed by atoms with Gasteiger partial charge in [-0.15, -0.1) is 5.11 Å². The minimum atomic E-state index is -4.68. The number of Topliss-reactive ketones (excluding diaryl/α,β-unsaturated/α-hetero) is 1. The molecule has 2 rings (SSSR count). The fraction of sp³-hybridized carbons (Fsp3) is 0.125. The highest BCUT2D eigenvalue weighted by molar-refractivity contribution is 7.85. The number of azo groups is 1. The number of benzene rings is 2. The standard InChI is InChI=1S/C16H13ClN4O7S/c1-9(22)15(16(23)18-12-5-3-2-4-11(12)17)20-19-13-7-6-10(29(26,27)28)8-14(13)21(24)25/h2-8,15H,1H3,(H,18,23)(H,26,27,28)/t15-/m1/s1. The van der Waals surface area contributed by atoms with Crippen molar-refractivity contribution in [2.45, 2.75) is 17.9 Å². The van der Waals surface area contributed by atoms with Crippen molar-refractivity contribution in [3.63, 3.8) is 0 Å². The molecule has 0 fully saturated rings. The summed E-state index contributed by atoms with van der Waals surface area (Å²) in [6.45, 7) is 1.08. The van der Waals surface area contributed by atoms with Gasteiger partial charge < -0.3 is 5.32 Å². The van der Waals surface area contributed by atoms with Crippen LogP contribution in [0.5, 0.6) is 0 Å². The van der Waals surface area contributed by atoms with Crippen LogP contribution in [0.1, 0.15) is 6.92 Å². The lowest BCUT2D eigenvalue weighted by molar-refractivity contribution is -0.384. The van der Waals surface area contributed by atoms with E-state index in [0.29, 0.717) is 6.07 Å². The van der Waals surface area contributed by atoms with E-state index in [1.165, 1.54) is 12.1 Å². The molecule has 0 heterocycles. The van der Waals surface area contributed by atoms with E-state index in [9.17, 15) is 28.1 Å². The number of nitro groups is 1. The Balaban J connectivity index is 2.35. The maximum atomic E-state index is 12.3. The summed E-state index contributed by atoms with van der Waals surface area (Å²) in [6.07, 6.45) is 0. The number of carbonyl (C=O) groups excluding carboxylic acids is 2. The van der Waals surface area contributed by atoms with Crippen LogP contribution in [0, 0.1) is 10.1 Å². The van der Waals surface area contributed by atoms with Gasteiger partial charge in [0.15, 0.2) is 11.5 Å². The molecule has 13 heteroatoms. The van der Waals surface area contributed by atoms with Crippen LogP contribution in [0.15, 0.2) is 57.6 Å². The van der Waals surface area contributed by atoms with Gasteiger partial charge in [0, 0.05) is 6.07 Å². The quantitative estimate of drug-likeness (QED) is 0.219. The van der Waals surface area contributed by atoms with Crippen LogP contribution in [0.3, 0.4) is 0 Å². The molecule has 2 aromatic rings. The Morgan fingerprint density at radius 1 is 1.24 bits per heavy atom. The highest BCUT2D eigenvalue weighted by Gasteiger charge is 2.25. The fourth-order valence-corrected chi connectivity index (χ4v) is 2.78. The minimum absolute atomic E-state index is 0.219. The second-order valence-corrected chi connectivity index (χ2v) is 7.41. The first-order valence-corrected chi connectivity index (χ1v) is 9.55. The Kier molecular flexibility index (Phi) is 6.74. The Hall–Kier alpha value is -3.22. The minimum Gasteiger partial charge on any atom is -0.322 e. The van der Waals surface area contributed by atoms with Crippen molar-refractivity contribution in [2.75, 3.05) is 5.32 Å². The molecule has 0 saturated carbocycles. The lowest BCUT2D eigenvalue weighted by Gasteiger charge is -2.10. The first-order valence-electron chi connectivity index (χ1n) is 7.73. The molecule has 152 valence electrons. The lowest BCUT2D eigenvalue weighted by atomic mass is 10.2. The van der Waals surface area contributed by atoms with Crippen molar-refractivity contribution < 1.29 is 27.5 Å². The third-order valence-corrected chi connectivity index (χ3v) is 4.67. The number of anilines is 1. The largest absolute Gasteiger partial charge is 0.322 e. The molecule has 0 unspecified atom stereocenters. The molecule has 0 aliphatic rings. The van der Waals surface area contributed by atoms with Crippen molar-refractivity contribution in [3.05, 3.63) is 57.6 Å². The van der Waals surface area contributed by atoms with Crippen LogP contribution in [0.2, 0.25) is 5.02 Å². The number of halogens is 1. The molecule has 0 bridgehead atoms. The zero-order valence-electron chi connectivity index (χ0n) is 14.6. The van der Waals surface area contributed by atoms with E-state index in [2.05, 4.69) is 15.5 Å². The number of amides is 1. The van der Waals surface area contributed by atoms with Crippen LogP contribution in [0.25, 0.3) is 0 Å². The SMILES string of the molecule is CC(=O)[C@@H](N=Nc1ccc(S(=O)(=O)O)cc1[N+](=O)[O-])C(=O)Nc1ccccc1Cl. The third-order valence-electron chi connectivity index (χ3n) is 3.49. The van der Waals surface area contributed by atoms with E-state index in [0.717, 1.165) is 19.1 Å². The van der Waals surface area contributed by atoms with Gasteiger partial charge in [0.25, 0.3) is 21.7 Å². The maximum Gasteiger partial charge on any atom is 0.298 e. The molecule has 2 N–H and O–H groups in total. The number of nitro benzene ring substituents is 1. The smallest absolute Gasteiger partial charge is 0.298 e. The predicted molar refractivity (Wildman–Crippen MR) is 102 cm³/mol. The van der Waals surface area contributed by atoms with E-state index in [1.54, 1.807) is 12.1 Å². The Morgan fingerprint density at radius 2 is 1.90 bits per heavy atom. The summed E-state index contributed by atoms with van der Waals surface area (Å²) in [7, 11) is -4.68. The van der Waals surface area contributed by atoms with Gasteiger partial charge in [-0.05, 0) is 31.2 Å². The molecule has 0 radical (unpaired) electrons. The van der Waals surface area contributed by atoms with E-state index in [-0.39, 0.29) is 10.7 Å². The molecule has 0 aliphatic heterocycles.